The smallest absolute Gasteiger partial charge is 0.0562 e. The van der Waals surface area contributed by atoms with Crippen molar-refractivity contribution < 1.29 is 0 Å². The van der Waals surface area contributed by atoms with Crippen LogP contribution >= 0.6 is 11.6 Å². The quantitative estimate of drug-likeness (QED) is 0.227. The Kier molecular flexibility index (Phi) is 4.31. The van der Waals surface area contributed by atoms with Gasteiger partial charge in [0.25, 0.3) is 0 Å². The molecule has 0 atom stereocenters. The number of rotatable bonds is 2. The third-order valence-electron chi connectivity index (χ3n) is 7.56. The minimum Gasteiger partial charge on any atom is -0.309 e. The van der Waals surface area contributed by atoms with E-state index in [0.29, 0.717) is 0 Å². The molecule has 8 aromatic rings. The first-order chi connectivity index (χ1) is 18.3. The van der Waals surface area contributed by atoms with Crippen LogP contribution in [0, 0.1) is 0 Å². The molecule has 0 N–H and O–H groups in total. The molecule has 0 saturated carbocycles. The van der Waals surface area contributed by atoms with Gasteiger partial charge in [0.05, 0.1) is 27.1 Å². The van der Waals surface area contributed by atoms with Gasteiger partial charge in [-0.25, -0.2) is 0 Å². The lowest BCUT2D eigenvalue weighted by Crippen LogP contribution is -1.97. The number of nitrogens with zero attached hydrogens (tertiary/aromatic N) is 2. The maximum absolute atomic E-state index is 6.86. The highest BCUT2D eigenvalue weighted by Crippen LogP contribution is 2.41. The van der Waals surface area contributed by atoms with Crippen LogP contribution in [0.15, 0.2) is 127 Å². The fourth-order valence-electron chi connectivity index (χ4n) is 6.02. The lowest BCUT2D eigenvalue weighted by atomic mass is 10.0. The number of fused-ring (bicyclic) bond motifs is 8. The average Bonchev–Trinajstić information content (AvgIpc) is 3.46. The summed E-state index contributed by atoms with van der Waals surface area (Å²) in [6.07, 6.45) is 0. The molecule has 2 nitrogen and oxygen atoms in total. The van der Waals surface area contributed by atoms with Gasteiger partial charge < -0.3 is 9.13 Å². The number of benzene rings is 6. The molecule has 0 aliphatic heterocycles. The number of halogens is 1. The molecule has 0 saturated heterocycles. The summed E-state index contributed by atoms with van der Waals surface area (Å²) in [7, 11) is 0. The van der Waals surface area contributed by atoms with Gasteiger partial charge in [-0.05, 0) is 47.9 Å². The van der Waals surface area contributed by atoms with E-state index < -0.39 is 0 Å². The van der Waals surface area contributed by atoms with Crippen molar-refractivity contribution in [2.24, 2.45) is 0 Å². The van der Waals surface area contributed by atoms with Crippen LogP contribution in [0.5, 0.6) is 0 Å². The predicted octanol–water partition coefficient (Wildman–Crippen LogP) is 9.69. The van der Waals surface area contributed by atoms with Gasteiger partial charge in [-0.1, -0.05) is 96.5 Å². The molecule has 174 valence electrons. The van der Waals surface area contributed by atoms with E-state index in [0.717, 1.165) is 27.3 Å². The summed E-state index contributed by atoms with van der Waals surface area (Å²) in [6, 6.07) is 45.3. The Bertz CT molecular complexity index is 2150. The molecule has 6 aromatic carbocycles. The van der Waals surface area contributed by atoms with Crippen molar-refractivity contribution in [2.45, 2.75) is 0 Å². The van der Waals surface area contributed by atoms with E-state index >= 15 is 0 Å². The zero-order chi connectivity index (χ0) is 24.5. The molecule has 3 heteroatoms. The summed E-state index contributed by atoms with van der Waals surface area (Å²) in [6.45, 7) is 0. The van der Waals surface area contributed by atoms with Gasteiger partial charge >= 0.3 is 0 Å². The Morgan fingerprint density at radius 2 is 0.946 bits per heavy atom. The standard InChI is InChI=1S/C34H21ClN2/c35-29-21-33-34(27-14-5-4-12-24(27)29)28-15-7-9-17-31(28)37(33)23-18-19-26-25-13-6-8-16-30(25)36(32(26)20-23)22-10-2-1-3-11-22/h1-21H. The summed E-state index contributed by atoms with van der Waals surface area (Å²) in [5.74, 6) is 0. The molecule has 0 unspecified atom stereocenters. The molecule has 0 bridgehead atoms. The topological polar surface area (TPSA) is 9.86 Å². The summed E-state index contributed by atoms with van der Waals surface area (Å²) in [4.78, 5) is 0. The van der Waals surface area contributed by atoms with Crippen LogP contribution < -0.4 is 0 Å². The van der Waals surface area contributed by atoms with Crippen molar-refractivity contribution in [3.8, 4) is 11.4 Å². The van der Waals surface area contributed by atoms with E-state index in [1.165, 1.54) is 43.5 Å². The molecular weight excluding hydrogens is 472 g/mol. The predicted molar refractivity (Wildman–Crippen MR) is 158 cm³/mol. The second-order valence-electron chi connectivity index (χ2n) is 9.54. The number of para-hydroxylation sites is 3. The molecule has 0 fully saturated rings. The monoisotopic (exact) mass is 492 g/mol. The highest BCUT2D eigenvalue weighted by Gasteiger charge is 2.18. The van der Waals surface area contributed by atoms with Crippen molar-refractivity contribution >= 4 is 66.0 Å². The van der Waals surface area contributed by atoms with Gasteiger partial charge in [0, 0.05) is 38.3 Å². The fourth-order valence-corrected chi connectivity index (χ4v) is 6.29. The van der Waals surface area contributed by atoms with Crippen LogP contribution in [-0.2, 0) is 0 Å². The van der Waals surface area contributed by atoms with Gasteiger partial charge in [0.15, 0.2) is 0 Å². The van der Waals surface area contributed by atoms with E-state index in [-0.39, 0.29) is 0 Å². The van der Waals surface area contributed by atoms with Gasteiger partial charge in [-0.3, -0.25) is 0 Å². The number of hydrogen-bond donors (Lipinski definition) is 0. The van der Waals surface area contributed by atoms with Crippen molar-refractivity contribution in [3.63, 3.8) is 0 Å². The second-order valence-corrected chi connectivity index (χ2v) is 9.95. The van der Waals surface area contributed by atoms with E-state index in [9.17, 15) is 0 Å². The first kappa shape index (κ1) is 20.6. The van der Waals surface area contributed by atoms with Crippen LogP contribution in [0.3, 0.4) is 0 Å². The Morgan fingerprint density at radius 3 is 1.73 bits per heavy atom. The van der Waals surface area contributed by atoms with Crippen molar-refractivity contribution in [1.29, 1.82) is 0 Å². The maximum Gasteiger partial charge on any atom is 0.0562 e. The zero-order valence-corrected chi connectivity index (χ0v) is 20.7. The van der Waals surface area contributed by atoms with E-state index in [2.05, 4.69) is 137 Å². The SMILES string of the molecule is Clc1cc2c(c3ccccc13)c1ccccc1n2-c1ccc2c3ccccc3n(-c3ccccc3)c2c1. The highest BCUT2D eigenvalue weighted by molar-refractivity contribution is 6.38. The van der Waals surface area contributed by atoms with Crippen LogP contribution in [0.25, 0.3) is 65.8 Å². The third kappa shape index (κ3) is 2.88. The molecule has 37 heavy (non-hydrogen) atoms. The molecule has 0 radical (unpaired) electrons. The highest BCUT2D eigenvalue weighted by atomic mass is 35.5. The van der Waals surface area contributed by atoms with Crippen LogP contribution in [0.2, 0.25) is 5.02 Å². The first-order valence-electron chi connectivity index (χ1n) is 12.5. The minimum absolute atomic E-state index is 0.770. The molecule has 0 amide bonds. The molecule has 8 rings (SSSR count). The largest absolute Gasteiger partial charge is 0.309 e. The summed E-state index contributed by atoms with van der Waals surface area (Å²) < 4.78 is 4.72. The third-order valence-corrected chi connectivity index (χ3v) is 7.87. The normalized spacial score (nSPS) is 11.9. The average molecular weight is 493 g/mol. The lowest BCUT2D eigenvalue weighted by molar-refractivity contribution is 1.15. The first-order valence-corrected chi connectivity index (χ1v) is 12.9. The Labute approximate surface area is 218 Å². The van der Waals surface area contributed by atoms with Gasteiger partial charge in [-0.15, -0.1) is 0 Å². The fraction of sp³-hybridized carbons (Fsp3) is 0. The van der Waals surface area contributed by atoms with Crippen LogP contribution in [0.1, 0.15) is 0 Å². The Morgan fingerprint density at radius 1 is 0.378 bits per heavy atom. The van der Waals surface area contributed by atoms with Gasteiger partial charge in [-0.2, -0.15) is 0 Å². The van der Waals surface area contributed by atoms with Crippen molar-refractivity contribution in [2.75, 3.05) is 0 Å². The second kappa shape index (κ2) is 7.73. The van der Waals surface area contributed by atoms with E-state index in [1.807, 2.05) is 0 Å². The lowest BCUT2D eigenvalue weighted by Gasteiger charge is -2.12. The summed E-state index contributed by atoms with van der Waals surface area (Å²) in [5, 5.41) is 8.00. The van der Waals surface area contributed by atoms with Crippen molar-refractivity contribution in [3.05, 3.63) is 132 Å². The van der Waals surface area contributed by atoms with Gasteiger partial charge in [0.2, 0.25) is 0 Å². The van der Waals surface area contributed by atoms with Crippen molar-refractivity contribution in [1.82, 2.24) is 9.13 Å². The summed E-state index contributed by atoms with van der Waals surface area (Å²) >= 11 is 6.86. The molecule has 0 aliphatic rings. The Hall–Kier alpha value is -4.53. The molecular formula is C34H21ClN2. The molecule has 0 aliphatic carbocycles. The van der Waals surface area contributed by atoms with Crippen LogP contribution in [-0.4, -0.2) is 9.13 Å². The molecule has 0 spiro atoms. The minimum atomic E-state index is 0.770. The van der Waals surface area contributed by atoms with Gasteiger partial charge in [0.1, 0.15) is 0 Å². The van der Waals surface area contributed by atoms with E-state index in [1.54, 1.807) is 0 Å². The number of hydrogen-bond acceptors (Lipinski definition) is 0. The summed E-state index contributed by atoms with van der Waals surface area (Å²) in [5.41, 5.74) is 6.95. The maximum atomic E-state index is 6.86. The number of aromatic nitrogens is 2. The van der Waals surface area contributed by atoms with E-state index in [4.69, 9.17) is 11.6 Å². The molecule has 2 heterocycles. The van der Waals surface area contributed by atoms with Crippen LogP contribution in [0.4, 0.5) is 0 Å². The Balaban J connectivity index is 1.53. The molecule has 2 aromatic heterocycles. The zero-order valence-electron chi connectivity index (χ0n) is 19.9.